The molecule has 1 atom stereocenters. The molecule has 0 spiro atoms. The lowest BCUT2D eigenvalue weighted by molar-refractivity contribution is -0.137. The van der Waals surface area contributed by atoms with Gasteiger partial charge in [0.25, 0.3) is 0 Å². The maximum atomic E-state index is 12.5. The fourth-order valence-corrected chi connectivity index (χ4v) is 1.88. The van der Waals surface area contributed by atoms with E-state index in [2.05, 4.69) is 5.10 Å². The van der Waals surface area contributed by atoms with Crippen LogP contribution in [0.4, 0.5) is 13.2 Å². The molecule has 0 aliphatic carbocycles. The van der Waals surface area contributed by atoms with Gasteiger partial charge < -0.3 is 5.73 Å². The van der Waals surface area contributed by atoms with Crippen LogP contribution >= 0.6 is 0 Å². The summed E-state index contributed by atoms with van der Waals surface area (Å²) in [4.78, 5) is 0. The first-order chi connectivity index (χ1) is 9.40. The molecule has 3 nitrogen and oxygen atoms in total. The third-order valence-electron chi connectivity index (χ3n) is 3.11. The largest absolute Gasteiger partial charge is 0.419 e. The van der Waals surface area contributed by atoms with Crippen molar-refractivity contribution in [1.29, 1.82) is 0 Å². The minimum atomic E-state index is -4.37. The van der Waals surface area contributed by atoms with E-state index in [1.807, 2.05) is 19.1 Å². The fourth-order valence-electron chi connectivity index (χ4n) is 1.88. The van der Waals surface area contributed by atoms with Gasteiger partial charge in [-0.05, 0) is 30.5 Å². The predicted octanol–water partition coefficient (Wildman–Crippen LogP) is 3.17. The molecule has 0 amide bonds. The topological polar surface area (TPSA) is 43.8 Å². The molecule has 1 unspecified atom stereocenters. The van der Waals surface area contributed by atoms with E-state index in [-0.39, 0.29) is 6.04 Å². The van der Waals surface area contributed by atoms with Gasteiger partial charge in [0.05, 0.1) is 17.4 Å². The van der Waals surface area contributed by atoms with Gasteiger partial charge in [0, 0.05) is 12.2 Å². The van der Waals surface area contributed by atoms with Crippen LogP contribution in [-0.4, -0.2) is 15.8 Å². The zero-order valence-corrected chi connectivity index (χ0v) is 11.1. The Hall–Kier alpha value is -1.82. The second kappa shape index (κ2) is 5.66. The van der Waals surface area contributed by atoms with Crippen molar-refractivity contribution < 1.29 is 13.2 Å². The minimum absolute atomic E-state index is 0.0496. The van der Waals surface area contributed by atoms with Crippen LogP contribution in [0.2, 0.25) is 0 Å². The van der Waals surface area contributed by atoms with Crippen LogP contribution in [0.5, 0.6) is 0 Å². The highest BCUT2D eigenvalue weighted by Gasteiger charge is 2.32. The Morgan fingerprint density at radius 2 is 2.10 bits per heavy atom. The normalized spacial score (nSPS) is 13.4. The molecule has 0 aliphatic rings. The smallest absolute Gasteiger partial charge is 0.327 e. The van der Waals surface area contributed by atoms with Crippen molar-refractivity contribution in [2.75, 3.05) is 0 Å². The van der Waals surface area contributed by atoms with E-state index < -0.39 is 11.7 Å². The SMILES string of the molecule is CCC(N)Cc1cccc(-n2cc(C(F)(F)F)cn2)c1. The molecule has 0 aliphatic heterocycles. The van der Waals surface area contributed by atoms with Crippen molar-refractivity contribution >= 4 is 0 Å². The third-order valence-corrected chi connectivity index (χ3v) is 3.11. The molecule has 2 aromatic rings. The minimum Gasteiger partial charge on any atom is -0.327 e. The Kier molecular flexibility index (Phi) is 4.13. The second-order valence-corrected chi connectivity index (χ2v) is 4.71. The second-order valence-electron chi connectivity index (χ2n) is 4.71. The lowest BCUT2D eigenvalue weighted by Gasteiger charge is -2.10. The summed E-state index contributed by atoms with van der Waals surface area (Å²) in [5, 5.41) is 3.76. The lowest BCUT2D eigenvalue weighted by Crippen LogP contribution is -2.21. The Labute approximate surface area is 115 Å². The first kappa shape index (κ1) is 14.6. The van der Waals surface area contributed by atoms with Crippen molar-refractivity contribution in [3.63, 3.8) is 0 Å². The molecule has 20 heavy (non-hydrogen) atoms. The maximum Gasteiger partial charge on any atom is 0.419 e. The zero-order chi connectivity index (χ0) is 14.8. The van der Waals surface area contributed by atoms with Gasteiger partial charge in [-0.3, -0.25) is 0 Å². The molecule has 6 heteroatoms. The number of nitrogens with two attached hydrogens (primary N) is 1. The molecule has 2 N–H and O–H groups in total. The number of benzene rings is 1. The van der Waals surface area contributed by atoms with Crippen LogP contribution in [0.3, 0.4) is 0 Å². The number of hydrogen-bond donors (Lipinski definition) is 1. The first-order valence-electron chi connectivity index (χ1n) is 6.37. The summed E-state index contributed by atoms with van der Waals surface area (Å²) < 4.78 is 38.9. The number of halogens is 3. The van der Waals surface area contributed by atoms with Crippen molar-refractivity contribution in [3.8, 4) is 5.69 Å². The summed E-state index contributed by atoms with van der Waals surface area (Å²) in [6, 6.07) is 7.28. The number of alkyl halides is 3. The van der Waals surface area contributed by atoms with E-state index >= 15 is 0 Å². The average Bonchev–Trinajstić information content (AvgIpc) is 2.88. The van der Waals surface area contributed by atoms with Gasteiger partial charge in [-0.2, -0.15) is 18.3 Å². The van der Waals surface area contributed by atoms with Crippen molar-refractivity contribution in [3.05, 3.63) is 47.8 Å². The summed E-state index contributed by atoms with van der Waals surface area (Å²) >= 11 is 0. The number of rotatable bonds is 4. The summed E-state index contributed by atoms with van der Waals surface area (Å²) in [5.41, 5.74) is 6.71. The van der Waals surface area contributed by atoms with E-state index in [4.69, 9.17) is 5.73 Å². The van der Waals surface area contributed by atoms with Gasteiger partial charge in [-0.1, -0.05) is 19.1 Å². The molecule has 2 rings (SSSR count). The van der Waals surface area contributed by atoms with Crippen LogP contribution in [0.25, 0.3) is 5.69 Å². The Morgan fingerprint density at radius 3 is 2.70 bits per heavy atom. The molecule has 0 saturated carbocycles. The number of hydrogen-bond acceptors (Lipinski definition) is 2. The summed E-state index contributed by atoms with van der Waals surface area (Å²) in [6.07, 6.45) is -1.02. The highest BCUT2D eigenvalue weighted by molar-refractivity contribution is 5.36. The van der Waals surface area contributed by atoms with E-state index in [0.717, 1.165) is 24.4 Å². The Bertz CT molecular complexity index is 575. The molecule has 1 aromatic heterocycles. The first-order valence-corrected chi connectivity index (χ1v) is 6.37. The summed E-state index contributed by atoms with van der Waals surface area (Å²) in [7, 11) is 0. The van der Waals surface area contributed by atoms with Gasteiger partial charge >= 0.3 is 6.18 Å². The molecule has 1 heterocycles. The van der Waals surface area contributed by atoms with Crippen molar-refractivity contribution in [1.82, 2.24) is 9.78 Å². The van der Waals surface area contributed by atoms with E-state index in [1.165, 1.54) is 4.68 Å². The zero-order valence-electron chi connectivity index (χ0n) is 11.1. The number of aromatic nitrogens is 2. The van der Waals surface area contributed by atoms with Gasteiger partial charge in [-0.15, -0.1) is 0 Å². The van der Waals surface area contributed by atoms with E-state index in [1.54, 1.807) is 12.1 Å². The standard InChI is InChI=1S/C14H16F3N3/c1-2-12(18)6-10-4-3-5-13(7-10)20-9-11(8-19-20)14(15,16)17/h3-5,7-9,12H,2,6,18H2,1H3. The van der Waals surface area contributed by atoms with Crippen LogP contribution in [0.1, 0.15) is 24.5 Å². The molecule has 1 aromatic carbocycles. The van der Waals surface area contributed by atoms with Gasteiger partial charge in [0.15, 0.2) is 0 Å². The maximum absolute atomic E-state index is 12.5. The molecular weight excluding hydrogens is 267 g/mol. The van der Waals surface area contributed by atoms with Crippen LogP contribution in [0, 0.1) is 0 Å². The summed E-state index contributed by atoms with van der Waals surface area (Å²) in [5.74, 6) is 0. The monoisotopic (exact) mass is 283 g/mol. The lowest BCUT2D eigenvalue weighted by atomic mass is 10.0. The molecule has 0 bridgehead atoms. The quantitative estimate of drug-likeness (QED) is 0.936. The average molecular weight is 283 g/mol. The molecule has 0 fully saturated rings. The molecule has 0 radical (unpaired) electrons. The molecule has 108 valence electrons. The Balaban J connectivity index is 2.25. The molecular formula is C14H16F3N3. The number of nitrogens with zero attached hydrogens (tertiary/aromatic N) is 2. The van der Waals surface area contributed by atoms with Crippen molar-refractivity contribution in [2.24, 2.45) is 5.73 Å². The highest BCUT2D eigenvalue weighted by Crippen LogP contribution is 2.29. The predicted molar refractivity (Wildman–Crippen MR) is 70.5 cm³/mol. The van der Waals surface area contributed by atoms with E-state index in [9.17, 15) is 13.2 Å². The van der Waals surface area contributed by atoms with E-state index in [0.29, 0.717) is 12.1 Å². The fraction of sp³-hybridized carbons (Fsp3) is 0.357. The Morgan fingerprint density at radius 1 is 1.35 bits per heavy atom. The van der Waals surface area contributed by atoms with Gasteiger partial charge in [-0.25, -0.2) is 4.68 Å². The van der Waals surface area contributed by atoms with Gasteiger partial charge in [0.1, 0.15) is 0 Å². The van der Waals surface area contributed by atoms with Crippen LogP contribution in [0.15, 0.2) is 36.7 Å². The molecule has 0 saturated heterocycles. The highest BCUT2D eigenvalue weighted by atomic mass is 19.4. The summed E-state index contributed by atoms with van der Waals surface area (Å²) in [6.45, 7) is 2.00. The van der Waals surface area contributed by atoms with Crippen LogP contribution in [-0.2, 0) is 12.6 Å². The van der Waals surface area contributed by atoms with Gasteiger partial charge in [0.2, 0.25) is 0 Å². The van der Waals surface area contributed by atoms with Crippen molar-refractivity contribution in [2.45, 2.75) is 32.0 Å². The van der Waals surface area contributed by atoms with Crippen LogP contribution < -0.4 is 5.73 Å². The third kappa shape index (κ3) is 3.39.